The van der Waals surface area contributed by atoms with E-state index in [1.54, 1.807) is 38.1 Å². The Hall–Kier alpha value is -3.48. The van der Waals surface area contributed by atoms with Crippen molar-refractivity contribution >= 4 is 22.4 Å². The van der Waals surface area contributed by atoms with Crippen molar-refractivity contribution in [2.24, 2.45) is 0 Å². The van der Waals surface area contributed by atoms with Gasteiger partial charge in [0.15, 0.2) is 0 Å². The van der Waals surface area contributed by atoms with Gasteiger partial charge in [0.05, 0.1) is 4.92 Å². The summed E-state index contributed by atoms with van der Waals surface area (Å²) >= 11 is 0. The van der Waals surface area contributed by atoms with Gasteiger partial charge >= 0.3 is 5.63 Å². The van der Waals surface area contributed by atoms with Crippen molar-refractivity contribution in [3.63, 3.8) is 0 Å². The molecule has 0 bridgehead atoms. The molecule has 144 valence electrons. The van der Waals surface area contributed by atoms with Crippen molar-refractivity contribution in [3.8, 4) is 5.75 Å². The van der Waals surface area contributed by atoms with Crippen LogP contribution in [0.25, 0.3) is 11.0 Å². The molecule has 3 rings (SSSR count). The summed E-state index contributed by atoms with van der Waals surface area (Å²) in [6.07, 6.45) is 0.0359. The van der Waals surface area contributed by atoms with E-state index in [9.17, 15) is 19.7 Å². The van der Waals surface area contributed by atoms with Crippen molar-refractivity contribution in [3.05, 3.63) is 79.2 Å². The number of nitrogens with zero attached hydrogens (tertiary/aromatic N) is 1. The number of nitro groups is 1. The molecular formula is C21H19NO6. The SMILES string of the molecule is CC(=O)Cc1c(C)c2ccc(OCc3cccc([N+](=O)[O-])c3)c(C)c2oc1=O. The fourth-order valence-electron chi connectivity index (χ4n) is 3.10. The number of ketones is 1. The molecule has 0 unspecified atom stereocenters. The summed E-state index contributed by atoms with van der Waals surface area (Å²) in [5.74, 6) is 0.407. The molecular weight excluding hydrogens is 362 g/mol. The van der Waals surface area contributed by atoms with Gasteiger partial charge in [-0.15, -0.1) is 0 Å². The quantitative estimate of drug-likeness (QED) is 0.363. The monoisotopic (exact) mass is 381 g/mol. The molecule has 0 spiro atoms. The zero-order valence-corrected chi connectivity index (χ0v) is 15.8. The molecule has 0 aliphatic heterocycles. The number of benzene rings is 2. The van der Waals surface area contributed by atoms with Crippen molar-refractivity contribution < 1.29 is 18.9 Å². The third-order valence-electron chi connectivity index (χ3n) is 4.60. The lowest BCUT2D eigenvalue weighted by molar-refractivity contribution is -0.384. The number of hydrogen-bond acceptors (Lipinski definition) is 6. The van der Waals surface area contributed by atoms with E-state index in [1.807, 2.05) is 0 Å². The fourth-order valence-corrected chi connectivity index (χ4v) is 3.10. The second kappa shape index (κ2) is 7.64. The summed E-state index contributed by atoms with van der Waals surface area (Å²) in [4.78, 5) is 34.2. The lowest BCUT2D eigenvalue weighted by Gasteiger charge is -2.13. The van der Waals surface area contributed by atoms with E-state index in [-0.39, 0.29) is 24.5 Å². The molecule has 0 fully saturated rings. The van der Waals surface area contributed by atoms with Gasteiger partial charge in [0, 0.05) is 35.1 Å². The molecule has 2 aromatic carbocycles. The smallest absolute Gasteiger partial charge is 0.340 e. The van der Waals surface area contributed by atoms with Crippen molar-refractivity contribution in [2.75, 3.05) is 0 Å². The van der Waals surface area contributed by atoms with Crippen LogP contribution in [-0.4, -0.2) is 10.7 Å². The van der Waals surface area contributed by atoms with E-state index in [0.717, 1.165) is 10.9 Å². The summed E-state index contributed by atoms with van der Waals surface area (Å²) in [7, 11) is 0. The van der Waals surface area contributed by atoms with E-state index in [2.05, 4.69) is 0 Å². The molecule has 0 radical (unpaired) electrons. The Bertz CT molecular complexity index is 1150. The number of carbonyl (C=O) groups excluding carboxylic acids is 1. The molecule has 3 aromatic rings. The molecule has 0 saturated heterocycles. The largest absolute Gasteiger partial charge is 0.488 e. The van der Waals surface area contributed by atoms with E-state index >= 15 is 0 Å². The molecule has 0 N–H and O–H groups in total. The molecule has 1 aromatic heterocycles. The Morgan fingerprint density at radius 2 is 1.93 bits per heavy atom. The Balaban J connectivity index is 1.94. The summed E-state index contributed by atoms with van der Waals surface area (Å²) in [6.45, 7) is 5.14. The first-order chi connectivity index (χ1) is 13.3. The Morgan fingerprint density at radius 3 is 2.61 bits per heavy atom. The van der Waals surface area contributed by atoms with Gasteiger partial charge in [-0.2, -0.15) is 0 Å². The van der Waals surface area contributed by atoms with Crippen molar-refractivity contribution in [2.45, 2.75) is 33.8 Å². The standard InChI is InChI=1S/C21H19NO6/c1-12(23)9-18-13(2)17-7-8-19(14(3)20(17)28-21(18)24)27-11-15-5-4-6-16(10-15)22(25)26/h4-8,10H,9,11H2,1-3H3. The van der Waals surface area contributed by atoms with Crippen molar-refractivity contribution in [1.29, 1.82) is 0 Å². The first kappa shape index (κ1) is 19.3. The number of aryl methyl sites for hydroxylation is 2. The van der Waals surface area contributed by atoms with Crippen LogP contribution in [0.2, 0.25) is 0 Å². The van der Waals surface area contributed by atoms with E-state index < -0.39 is 10.5 Å². The fraction of sp³-hybridized carbons (Fsp3) is 0.238. The molecule has 28 heavy (non-hydrogen) atoms. The molecule has 0 amide bonds. The van der Waals surface area contributed by atoms with Crippen LogP contribution in [0, 0.1) is 24.0 Å². The summed E-state index contributed by atoms with van der Waals surface area (Å²) in [5, 5.41) is 11.6. The first-order valence-corrected chi connectivity index (χ1v) is 8.69. The average molecular weight is 381 g/mol. The van der Waals surface area contributed by atoms with Gasteiger partial charge in [-0.05, 0) is 44.0 Å². The maximum atomic E-state index is 12.3. The van der Waals surface area contributed by atoms with Crippen LogP contribution >= 0.6 is 0 Å². The maximum Gasteiger partial charge on any atom is 0.340 e. The number of fused-ring (bicyclic) bond motifs is 1. The highest BCUT2D eigenvalue weighted by molar-refractivity contribution is 5.87. The highest BCUT2D eigenvalue weighted by Crippen LogP contribution is 2.30. The van der Waals surface area contributed by atoms with Crippen LogP contribution < -0.4 is 10.4 Å². The minimum Gasteiger partial charge on any atom is -0.488 e. The lowest BCUT2D eigenvalue weighted by atomic mass is 10.0. The molecule has 0 aliphatic carbocycles. The van der Waals surface area contributed by atoms with Gasteiger partial charge in [-0.25, -0.2) is 4.79 Å². The predicted molar refractivity (Wildman–Crippen MR) is 104 cm³/mol. The highest BCUT2D eigenvalue weighted by Gasteiger charge is 2.16. The number of carbonyl (C=O) groups is 1. The zero-order chi connectivity index (χ0) is 20.4. The van der Waals surface area contributed by atoms with Crippen LogP contribution in [0.3, 0.4) is 0 Å². The highest BCUT2D eigenvalue weighted by atomic mass is 16.6. The van der Waals surface area contributed by atoms with Gasteiger partial charge in [0.2, 0.25) is 0 Å². The summed E-state index contributed by atoms with van der Waals surface area (Å²) < 4.78 is 11.3. The molecule has 0 aliphatic rings. The predicted octanol–water partition coefficient (Wildman–Crippen LogP) is 4.03. The van der Waals surface area contributed by atoms with Crippen LogP contribution in [-0.2, 0) is 17.8 Å². The van der Waals surface area contributed by atoms with Crippen LogP contribution in [0.5, 0.6) is 5.75 Å². The lowest BCUT2D eigenvalue weighted by Crippen LogP contribution is -2.14. The maximum absolute atomic E-state index is 12.3. The van der Waals surface area contributed by atoms with Crippen LogP contribution in [0.4, 0.5) is 5.69 Å². The third-order valence-corrected chi connectivity index (χ3v) is 4.60. The number of Topliss-reactive ketones (excluding diaryl/α,β-unsaturated/α-hetero) is 1. The second-order valence-corrected chi connectivity index (χ2v) is 6.65. The number of non-ortho nitro benzene ring substituents is 1. The molecule has 0 saturated carbocycles. The minimum absolute atomic E-state index is 0.00374. The number of rotatable bonds is 6. The van der Waals surface area contributed by atoms with Gasteiger partial charge in [-0.3, -0.25) is 14.9 Å². The van der Waals surface area contributed by atoms with E-state index in [1.165, 1.54) is 19.1 Å². The van der Waals surface area contributed by atoms with Crippen LogP contribution in [0.15, 0.2) is 45.6 Å². The van der Waals surface area contributed by atoms with Gasteiger partial charge in [0.1, 0.15) is 23.7 Å². The molecule has 0 atom stereocenters. The van der Waals surface area contributed by atoms with Gasteiger partial charge in [0.25, 0.3) is 5.69 Å². The average Bonchev–Trinajstić information content (AvgIpc) is 2.65. The van der Waals surface area contributed by atoms with Crippen LogP contribution in [0.1, 0.15) is 29.2 Å². The zero-order valence-electron chi connectivity index (χ0n) is 15.8. The Morgan fingerprint density at radius 1 is 1.18 bits per heavy atom. The van der Waals surface area contributed by atoms with E-state index in [4.69, 9.17) is 9.15 Å². The topological polar surface area (TPSA) is 99.7 Å². The second-order valence-electron chi connectivity index (χ2n) is 6.65. The Kier molecular flexibility index (Phi) is 5.26. The Labute approximate surface area is 160 Å². The summed E-state index contributed by atoms with van der Waals surface area (Å²) in [6, 6.07) is 9.76. The normalized spacial score (nSPS) is 10.8. The summed E-state index contributed by atoms with van der Waals surface area (Å²) in [5.41, 5.74) is 2.27. The third kappa shape index (κ3) is 3.78. The molecule has 1 heterocycles. The number of ether oxygens (including phenoxy) is 1. The van der Waals surface area contributed by atoms with Gasteiger partial charge < -0.3 is 9.15 Å². The number of hydrogen-bond donors (Lipinski definition) is 0. The van der Waals surface area contributed by atoms with Crippen molar-refractivity contribution in [1.82, 2.24) is 0 Å². The van der Waals surface area contributed by atoms with E-state index in [0.29, 0.717) is 28.0 Å². The number of nitro benzene ring substituents is 1. The minimum atomic E-state index is -0.529. The molecule has 7 nitrogen and oxygen atoms in total. The molecule has 7 heteroatoms. The van der Waals surface area contributed by atoms with Gasteiger partial charge in [-0.1, -0.05) is 12.1 Å². The first-order valence-electron chi connectivity index (χ1n) is 8.69.